The van der Waals surface area contributed by atoms with Gasteiger partial charge < -0.3 is 9.80 Å². The summed E-state index contributed by atoms with van der Waals surface area (Å²) in [6, 6.07) is 80.3. The Labute approximate surface area is 378 Å². The number of rotatable bonds is 8. The zero-order chi connectivity index (χ0) is 44.0. The maximum absolute atomic E-state index is 2.41. The van der Waals surface area contributed by atoms with Gasteiger partial charge in [-0.1, -0.05) is 175 Å². The maximum Gasteiger partial charge on any atom is 0.0462 e. The van der Waals surface area contributed by atoms with Crippen LogP contribution in [-0.2, 0) is 10.8 Å². The Morgan fingerprint density at radius 2 is 0.562 bits per heavy atom. The zero-order valence-corrected chi connectivity index (χ0v) is 37.7. The van der Waals surface area contributed by atoms with Crippen molar-refractivity contribution in [1.29, 1.82) is 0 Å². The normalized spacial score (nSPS) is 11.9. The van der Waals surface area contributed by atoms with Crippen molar-refractivity contribution in [3.8, 4) is 22.3 Å². The van der Waals surface area contributed by atoms with Crippen LogP contribution in [0, 0.1) is 0 Å². The van der Waals surface area contributed by atoms with E-state index in [-0.39, 0.29) is 10.8 Å². The highest BCUT2D eigenvalue weighted by Crippen LogP contribution is 2.44. The van der Waals surface area contributed by atoms with Crippen LogP contribution in [0.4, 0.5) is 34.1 Å². The Balaban J connectivity index is 1.07. The third-order valence-corrected chi connectivity index (χ3v) is 12.7. The van der Waals surface area contributed by atoms with Crippen molar-refractivity contribution in [3.63, 3.8) is 0 Å². The van der Waals surface area contributed by atoms with Gasteiger partial charge in [-0.3, -0.25) is 0 Å². The van der Waals surface area contributed by atoms with Crippen LogP contribution >= 0.6 is 0 Å². The minimum atomic E-state index is 0.0856. The summed E-state index contributed by atoms with van der Waals surface area (Å²) >= 11 is 0. The molecule has 0 spiro atoms. The van der Waals surface area contributed by atoms with Gasteiger partial charge in [0, 0.05) is 34.1 Å². The summed E-state index contributed by atoms with van der Waals surface area (Å²) in [6.07, 6.45) is 0. The van der Waals surface area contributed by atoms with Crippen LogP contribution in [0.5, 0.6) is 0 Å². The summed E-state index contributed by atoms with van der Waals surface area (Å²) in [5.41, 5.74) is 14.4. The minimum Gasteiger partial charge on any atom is -0.311 e. The Morgan fingerprint density at radius 3 is 0.891 bits per heavy atom. The van der Waals surface area contributed by atoms with Gasteiger partial charge in [-0.25, -0.2) is 0 Å². The molecule has 0 radical (unpaired) electrons. The average molecular weight is 827 g/mol. The summed E-state index contributed by atoms with van der Waals surface area (Å²) in [4.78, 5) is 4.69. The third-order valence-electron chi connectivity index (χ3n) is 12.7. The molecule has 0 atom stereocenters. The molecule has 0 aliphatic rings. The molecule has 10 aromatic rings. The topological polar surface area (TPSA) is 6.48 Å². The largest absolute Gasteiger partial charge is 0.311 e. The van der Waals surface area contributed by atoms with Crippen molar-refractivity contribution in [2.45, 2.75) is 52.4 Å². The van der Waals surface area contributed by atoms with E-state index in [4.69, 9.17) is 0 Å². The molecule has 0 saturated carbocycles. The van der Waals surface area contributed by atoms with E-state index < -0.39 is 0 Å². The monoisotopic (exact) mass is 826 g/mol. The molecule has 2 nitrogen and oxygen atoms in total. The van der Waals surface area contributed by atoms with Crippen LogP contribution < -0.4 is 9.80 Å². The first-order chi connectivity index (χ1) is 31.0. The zero-order valence-electron chi connectivity index (χ0n) is 37.7. The van der Waals surface area contributed by atoms with E-state index >= 15 is 0 Å². The lowest BCUT2D eigenvalue weighted by molar-refractivity contribution is 0.590. The molecule has 0 amide bonds. The van der Waals surface area contributed by atoms with Crippen molar-refractivity contribution in [2.75, 3.05) is 9.80 Å². The van der Waals surface area contributed by atoms with Gasteiger partial charge in [-0.15, -0.1) is 0 Å². The van der Waals surface area contributed by atoms with Crippen molar-refractivity contribution in [2.24, 2.45) is 0 Å². The van der Waals surface area contributed by atoms with Gasteiger partial charge in [0.1, 0.15) is 0 Å². The molecule has 0 aromatic heterocycles. The van der Waals surface area contributed by atoms with Crippen LogP contribution in [0.15, 0.2) is 218 Å². The second kappa shape index (κ2) is 16.4. The van der Waals surface area contributed by atoms with Gasteiger partial charge in [0.2, 0.25) is 0 Å². The van der Waals surface area contributed by atoms with Crippen molar-refractivity contribution >= 4 is 66.4 Å². The van der Waals surface area contributed by atoms with E-state index in [0.29, 0.717) is 0 Å². The smallest absolute Gasteiger partial charge is 0.0462 e. The lowest BCUT2D eigenvalue weighted by Crippen LogP contribution is -2.13. The molecular formula is C62H54N2. The second-order valence-corrected chi connectivity index (χ2v) is 19.1. The predicted molar refractivity (Wildman–Crippen MR) is 277 cm³/mol. The van der Waals surface area contributed by atoms with Gasteiger partial charge in [0.25, 0.3) is 0 Å². The molecule has 10 rings (SSSR count). The predicted octanol–water partition coefficient (Wildman–Crippen LogP) is 18.0. The molecular weight excluding hydrogens is 773 g/mol. The van der Waals surface area contributed by atoms with Crippen molar-refractivity contribution in [1.82, 2.24) is 0 Å². The molecule has 64 heavy (non-hydrogen) atoms. The van der Waals surface area contributed by atoms with Crippen LogP contribution in [0.25, 0.3) is 54.6 Å². The fourth-order valence-corrected chi connectivity index (χ4v) is 9.31. The molecule has 0 N–H and O–H groups in total. The molecule has 0 saturated heterocycles. The number of fused-ring (bicyclic) bond motifs is 5. The molecule has 2 heteroatoms. The molecule has 312 valence electrons. The Kier molecular flexibility index (Phi) is 10.4. The first-order valence-corrected chi connectivity index (χ1v) is 22.5. The lowest BCUT2D eigenvalue weighted by Gasteiger charge is -2.27. The molecule has 0 unspecified atom stereocenters. The third kappa shape index (κ3) is 7.71. The molecule has 0 aliphatic heterocycles. The highest BCUT2D eigenvalue weighted by atomic mass is 15.1. The molecule has 0 fully saturated rings. The number of para-hydroxylation sites is 2. The van der Waals surface area contributed by atoms with Gasteiger partial charge in [-0.2, -0.15) is 0 Å². The number of anilines is 6. The lowest BCUT2D eigenvalue weighted by atomic mass is 9.87. The molecule has 10 aromatic carbocycles. The minimum absolute atomic E-state index is 0.0856. The van der Waals surface area contributed by atoms with Crippen LogP contribution in [0.2, 0.25) is 0 Å². The average Bonchev–Trinajstić information content (AvgIpc) is 3.32. The summed E-state index contributed by atoms with van der Waals surface area (Å²) in [7, 11) is 0. The fourth-order valence-electron chi connectivity index (χ4n) is 9.31. The highest BCUT2D eigenvalue weighted by molar-refractivity contribution is 6.25. The Bertz CT molecular complexity index is 3010. The summed E-state index contributed by atoms with van der Waals surface area (Å²) in [6.45, 7) is 13.6. The summed E-state index contributed by atoms with van der Waals surface area (Å²) in [5.74, 6) is 0. The van der Waals surface area contributed by atoms with Gasteiger partial charge in [-0.05, 0) is 161 Å². The Hall–Kier alpha value is -7.42. The second-order valence-electron chi connectivity index (χ2n) is 19.1. The molecule has 0 heterocycles. The number of nitrogens with zero attached hydrogens (tertiary/aromatic N) is 2. The van der Waals surface area contributed by atoms with Crippen molar-refractivity contribution < 1.29 is 0 Å². The van der Waals surface area contributed by atoms with Crippen LogP contribution in [0.1, 0.15) is 52.7 Å². The van der Waals surface area contributed by atoms with E-state index in [9.17, 15) is 0 Å². The highest BCUT2D eigenvalue weighted by Gasteiger charge is 2.20. The van der Waals surface area contributed by atoms with Crippen LogP contribution in [-0.4, -0.2) is 0 Å². The fraction of sp³-hybridized carbons (Fsp3) is 0.129. The SMILES string of the molecule is CC(C)(C)c1ccc(N(c2ccccc2)c2ccc(-c3cc4cc(-c5ccc(N(c6ccccc6)c6ccc(C(C)(C)C)cc6)cc5)c5ccccc5c4c4ccccc34)cc2)cc1. The summed E-state index contributed by atoms with van der Waals surface area (Å²) < 4.78 is 0. The molecule has 0 aliphatic carbocycles. The summed E-state index contributed by atoms with van der Waals surface area (Å²) in [5, 5.41) is 7.54. The number of hydrogen-bond donors (Lipinski definition) is 0. The van der Waals surface area contributed by atoms with E-state index in [2.05, 4.69) is 270 Å². The quantitative estimate of drug-likeness (QED) is 0.141. The number of benzene rings is 10. The van der Waals surface area contributed by atoms with E-state index in [1.807, 2.05) is 0 Å². The van der Waals surface area contributed by atoms with E-state index in [1.54, 1.807) is 0 Å². The van der Waals surface area contributed by atoms with Crippen LogP contribution in [0.3, 0.4) is 0 Å². The Morgan fingerprint density at radius 1 is 0.281 bits per heavy atom. The number of hydrogen-bond acceptors (Lipinski definition) is 2. The van der Waals surface area contributed by atoms with E-state index in [1.165, 1.54) is 65.7 Å². The maximum atomic E-state index is 2.41. The standard InChI is InChI=1S/C62H54N2/c1-61(2,3)46-29-37-52(38-30-46)63(48-17-9-7-10-18-48)50-33-25-43(26-34-50)58-41-45-42-59(55-22-14-16-24-57(55)60(45)56-23-15-13-21-54(56)58)44-27-35-51(36-28-44)64(49-19-11-8-12-20-49)53-39-31-47(32-40-53)62(4,5)6/h7-42H,1-6H3. The van der Waals surface area contributed by atoms with Crippen molar-refractivity contribution in [3.05, 3.63) is 230 Å². The first-order valence-electron chi connectivity index (χ1n) is 22.5. The van der Waals surface area contributed by atoms with Gasteiger partial charge in [0.05, 0.1) is 0 Å². The van der Waals surface area contributed by atoms with Gasteiger partial charge in [0.15, 0.2) is 0 Å². The first kappa shape index (κ1) is 40.6. The van der Waals surface area contributed by atoms with Gasteiger partial charge >= 0.3 is 0 Å². The van der Waals surface area contributed by atoms with E-state index in [0.717, 1.165) is 34.1 Å². The molecule has 0 bridgehead atoms.